The van der Waals surface area contributed by atoms with Crippen LogP contribution in [-0.4, -0.2) is 15.9 Å². The van der Waals surface area contributed by atoms with E-state index in [-0.39, 0.29) is 0 Å². The SMILES string of the molecule is C=C(C)CNCc1c(C)nc2sc(C)cn12. The molecule has 2 aromatic rings. The Kier molecular flexibility index (Phi) is 3.12. The first-order valence-corrected chi connectivity index (χ1v) is 6.18. The molecule has 0 aromatic carbocycles. The fourth-order valence-corrected chi connectivity index (χ4v) is 2.61. The van der Waals surface area contributed by atoms with E-state index >= 15 is 0 Å². The van der Waals surface area contributed by atoms with Gasteiger partial charge in [-0.1, -0.05) is 12.2 Å². The molecule has 86 valence electrons. The van der Waals surface area contributed by atoms with E-state index in [0.717, 1.165) is 29.3 Å². The molecule has 0 radical (unpaired) electrons. The van der Waals surface area contributed by atoms with E-state index in [4.69, 9.17) is 0 Å². The van der Waals surface area contributed by atoms with Crippen LogP contribution >= 0.6 is 11.3 Å². The largest absolute Gasteiger partial charge is 0.307 e. The van der Waals surface area contributed by atoms with E-state index in [1.165, 1.54) is 10.6 Å². The van der Waals surface area contributed by atoms with Crippen LogP contribution < -0.4 is 5.32 Å². The first-order valence-electron chi connectivity index (χ1n) is 5.37. The van der Waals surface area contributed by atoms with E-state index < -0.39 is 0 Å². The number of nitrogens with one attached hydrogen (secondary N) is 1. The fourth-order valence-electron chi connectivity index (χ4n) is 1.72. The van der Waals surface area contributed by atoms with Crippen molar-refractivity contribution >= 4 is 16.3 Å². The van der Waals surface area contributed by atoms with Crippen LogP contribution in [0, 0.1) is 13.8 Å². The molecule has 3 nitrogen and oxygen atoms in total. The molecule has 0 spiro atoms. The number of nitrogens with zero attached hydrogens (tertiary/aromatic N) is 2. The molecule has 2 heterocycles. The monoisotopic (exact) mass is 235 g/mol. The molecule has 0 saturated carbocycles. The third-order valence-corrected chi connectivity index (χ3v) is 3.36. The number of hydrogen-bond donors (Lipinski definition) is 1. The molecule has 0 aliphatic rings. The summed E-state index contributed by atoms with van der Waals surface area (Å²) in [4.78, 5) is 6.93. The lowest BCUT2D eigenvalue weighted by Crippen LogP contribution is -2.16. The predicted octanol–water partition coefficient (Wildman–Crippen LogP) is 2.68. The molecule has 0 bridgehead atoms. The third-order valence-electron chi connectivity index (χ3n) is 2.46. The van der Waals surface area contributed by atoms with Crippen LogP contribution in [0.25, 0.3) is 4.96 Å². The van der Waals surface area contributed by atoms with Crippen molar-refractivity contribution in [3.05, 3.63) is 34.6 Å². The molecular formula is C12H17N3S. The van der Waals surface area contributed by atoms with E-state index in [2.05, 4.69) is 41.3 Å². The summed E-state index contributed by atoms with van der Waals surface area (Å²) in [5.74, 6) is 0. The van der Waals surface area contributed by atoms with Crippen LogP contribution in [0.4, 0.5) is 0 Å². The van der Waals surface area contributed by atoms with Gasteiger partial charge >= 0.3 is 0 Å². The molecule has 0 aliphatic heterocycles. The quantitative estimate of drug-likeness (QED) is 0.826. The van der Waals surface area contributed by atoms with Gasteiger partial charge in [-0.25, -0.2) is 4.98 Å². The number of fused-ring (bicyclic) bond motifs is 1. The Morgan fingerprint density at radius 3 is 3.00 bits per heavy atom. The Bertz CT molecular complexity index is 522. The summed E-state index contributed by atoms with van der Waals surface area (Å²) < 4.78 is 2.18. The van der Waals surface area contributed by atoms with Crippen LogP contribution in [0.2, 0.25) is 0 Å². The van der Waals surface area contributed by atoms with Gasteiger partial charge < -0.3 is 5.32 Å². The number of thiazole rings is 1. The third kappa shape index (κ3) is 2.18. The van der Waals surface area contributed by atoms with Gasteiger partial charge in [-0.2, -0.15) is 0 Å². The highest BCUT2D eigenvalue weighted by Crippen LogP contribution is 2.20. The van der Waals surface area contributed by atoms with Crippen molar-refractivity contribution in [1.29, 1.82) is 0 Å². The maximum atomic E-state index is 4.55. The van der Waals surface area contributed by atoms with Gasteiger partial charge in [0.2, 0.25) is 0 Å². The molecule has 0 aliphatic carbocycles. The van der Waals surface area contributed by atoms with Gasteiger partial charge in [0.1, 0.15) is 0 Å². The van der Waals surface area contributed by atoms with Gasteiger partial charge in [-0.15, -0.1) is 11.3 Å². The number of aryl methyl sites for hydroxylation is 2. The van der Waals surface area contributed by atoms with Gasteiger partial charge in [-0.3, -0.25) is 4.40 Å². The maximum absolute atomic E-state index is 4.55. The number of aromatic nitrogens is 2. The summed E-state index contributed by atoms with van der Waals surface area (Å²) in [7, 11) is 0. The second-order valence-electron chi connectivity index (χ2n) is 4.20. The van der Waals surface area contributed by atoms with Crippen LogP contribution in [0.5, 0.6) is 0 Å². The first-order chi connectivity index (χ1) is 7.58. The lowest BCUT2D eigenvalue weighted by Gasteiger charge is -2.04. The Balaban J connectivity index is 2.21. The second kappa shape index (κ2) is 4.39. The lowest BCUT2D eigenvalue weighted by atomic mass is 10.3. The van der Waals surface area contributed by atoms with Crippen molar-refractivity contribution in [1.82, 2.24) is 14.7 Å². The zero-order valence-electron chi connectivity index (χ0n) is 10.0. The summed E-state index contributed by atoms with van der Waals surface area (Å²) in [6.45, 7) is 11.8. The Hall–Kier alpha value is -1.13. The Labute approximate surface area is 99.8 Å². The van der Waals surface area contributed by atoms with Gasteiger partial charge in [0.15, 0.2) is 4.96 Å². The maximum Gasteiger partial charge on any atom is 0.194 e. The molecular weight excluding hydrogens is 218 g/mol. The van der Waals surface area contributed by atoms with E-state index in [0.29, 0.717) is 0 Å². The normalized spacial score (nSPS) is 11.2. The molecule has 0 amide bonds. The predicted molar refractivity (Wildman–Crippen MR) is 69.1 cm³/mol. The smallest absolute Gasteiger partial charge is 0.194 e. The van der Waals surface area contributed by atoms with Crippen LogP contribution in [-0.2, 0) is 6.54 Å². The van der Waals surface area contributed by atoms with Crippen molar-refractivity contribution < 1.29 is 0 Å². The van der Waals surface area contributed by atoms with E-state index in [9.17, 15) is 0 Å². The molecule has 0 unspecified atom stereocenters. The van der Waals surface area contributed by atoms with Gasteiger partial charge in [0, 0.05) is 24.2 Å². The van der Waals surface area contributed by atoms with Crippen LogP contribution in [0.15, 0.2) is 18.3 Å². The van der Waals surface area contributed by atoms with Crippen molar-refractivity contribution in [2.75, 3.05) is 6.54 Å². The lowest BCUT2D eigenvalue weighted by molar-refractivity contribution is 0.714. The Morgan fingerprint density at radius 1 is 1.56 bits per heavy atom. The Morgan fingerprint density at radius 2 is 2.31 bits per heavy atom. The topological polar surface area (TPSA) is 29.3 Å². The van der Waals surface area contributed by atoms with E-state index in [1.54, 1.807) is 11.3 Å². The molecule has 2 aromatic heterocycles. The molecule has 0 atom stereocenters. The van der Waals surface area contributed by atoms with Crippen molar-refractivity contribution in [3.63, 3.8) is 0 Å². The second-order valence-corrected chi connectivity index (χ2v) is 5.41. The summed E-state index contributed by atoms with van der Waals surface area (Å²) in [5.41, 5.74) is 3.51. The van der Waals surface area contributed by atoms with Gasteiger partial charge in [0.25, 0.3) is 0 Å². The van der Waals surface area contributed by atoms with Gasteiger partial charge in [-0.05, 0) is 20.8 Å². The summed E-state index contributed by atoms with van der Waals surface area (Å²) in [5, 5.41) is 3.37. The van der Waals surface area contributed by atoms with E-state index in [1.807, 2.05) is 6.92 Å². The zero-order chi connectivity index (χ0) is 11.7. The zero-order valence-corrected chi connectivity index (χ0v) is 10.8. The first kappa shape index (κ1) is 11.4. The number of rotatable bonds is 4. The molecule has 1 N–H and O–H groups in total. The highest BCUT2D eigenvalue weighted by molar-refractivity contribution is 7.17. The average molecular weight is 235 g/mol. The minimum atomic E-state index is 0.843. The van der Waals surface area contributed by atoms with Gasteiger partial charge in [0.05, 0.1) is 11.4 Å². The van der Waals surface area contributed by atoms with Crippen LogP contribution in [0.1, 0.15) is 23.2 Å². The highest BCUT2D eigenvalue weighted by Gasteiger charge is 2.10. The van der Waals surface area contributed by atoms with Crippen molar-refractivity contribution in [2.45, 2.75) is 27.3 Å². The molecule has 0 fully saturated rings. The minimum Gasteiger partial charge on any atom is -0.307 e. The minimum absolute atomic E-state index is 0.843. The summed E-state index contributed by atoms with van der Waals surface area (Å²) in [6, 6.07) is 0. The number of imidazole rings is 1. The summed E-state index contributed by atoms with van der Waals surface area (Å²) >= 11 is 1.73. The average Bonchev–Trinajstić information content (AvgIpc) is 2.64. The fraction of sp³-hybridized carbons (Fsp3) is 0.417. The summed E-state index contributed by atoms with van der Waals surface area (Å²) in [6.07, 6.45) is 2.15. The molecule has 16 heavy (non-hydrogen) atoms. The molecule has 0 saturated heterocycles. The highest BCUT2D eigenvalue weighted by atomic mass is 32.1. The van der Waals surface area contributed by atoms with Crippen molar-refractivity contribution in [2.24, 2.45) is 0 Å². The molecule has 4 heteroatoms. The molecule has 2 rings (SSSR count). The standard InChI is InChI=1S/C12H17N3S/c1-8(2)5-13-6-11-10(4)14-12-15(11)7-9(3)16-12/h7,13H,1,5-6H2,2-4H3. The number of hydrogen-bond acceptors (Lipinski definition) is 3. The van der Waals surface area contributed by atoms with Crippen LogP contribution in [0.3, 0.4) is 0 Å². The van der Waals surface area contributed by atoms with Crippen molar-refractivity contribution in [3.8, 4) is 0 Å².